The fourth-order valence-electron chi connectivity index (χ4n) is 11.4. The monoisotopic (exact) mass is 1190 g/mol. The molecule has 25 atom stereocenters. The van der Waals surface area contributed by atoms with Crippen LogP contribution in [0.2, 0.25) is 0 Å². The van der Waals surface area contributed by atoms with Crippen LogP contribution in [0.5, 0.6) is 0 Å². The number of hydrogen-bond acceptors (Lipinski definition) is 23. The Labute approximate surface area is 483 Å². The molecule has 482 valence electrons. The van der Waals surface area contributed by atoms with Gasteiger partial charge in [-0.15, -0.1) is 0 Å². The van der Waals surface area contributed by atoms with Crippen molar-refractivity contribution in [2.24, 2.45) is 29.6 Å². The summed E-state index contributed by atoms with van der Waals surface area (Å²) < 4.78 is 5.50. The quantitative estimate of drug-likeness (QED) is 0.0145. The third-order valence-corrected chi connectivity index (χ3v) is 17.0. The Morgan fingerprint density at radius 2 is 1.04 bits per heavy atom. The second-order valence-electron chi connectivity index (χ2n) is 24.6. The molecule has 0 aromatic rings. The summed E-state index contributed by atoms with van der Waals surface area (Å²) in [5.41, 5.74) is 0.0812. The van der Waals surface area contributed by atoms with Crippen LogP contribution in [0.15, 0.2) is 23.0 Å². The molecule has 24 heteroatoms. The molecule has 0 aliphatic carbocycles. The van der Waals surface area contributed by atoms with Crippen LogP contribution in [-0.2, 0) is 14.3 Å². The standard InChI is InChI=1S/C58H107NO23/c1-9-10-11-12-13-14-15-16-17-35(60)27-58(81)56(79)55(78)53(76)46(82-58)26-44(69)52(75)54(77)51(74)43(68)24-38(63)22-36(61)21-37(62)23-39(64)32(5)49(72)33(6)40(65)25-41(66)34(7)50(73)42(67)20-30(3)18-29(2)19-31(4)48(71)47-45(70)28-59(8)57(47)80/h19,29-30,32-44,46,49-56,60-69,71-79,81H,9-18,20-28H2,1-8H3/b31-19+,48-47-/t29?,30?,32?,33?,34?,35?,36?,37?,38?,39?,40?,41?,42?,43?,44?,46?,49?,50?,51?,52?,53-,54?,55+,56+,58+/m1/s1. The smallest absolute Gasteiger partial charge is 0.261 e. The number of likely N-dealkylation sites (N-methyl/N-ethyl adjacent to an activating group) is 1. The summed E-state index contributed by atoms with van der Waals surface area (Å²) in [6.45, 7) is 11.7. The van der Waals surface area contributed by atoms with E-state index in [9.17, 15) is 112 Å². The number of aliphatic hydroxyl groups is 20. The summed E-state index contributed by atoms with van der Waals surface area (Å²) in [5, 5.41) is 216. The normalized spacial score (nSPS) is 28.3. The van der Waals surface area contributed by atoms with Gasteiger partial charge >= 0.3 is 0 Å². The van der Waals surface area contributed by atoms with Crippen molar-refractivity contribution in [1.82, 2.24) is 4.90 Å². The van der Waals surface area contributed by atoms with E-state index in [-0.39, 0.29) is 55.4 Å². The maximum Gasteiger partial charge on any atom is 0.261 e. The van der Waals surface area contributed by atoms with Crippen LogP contribution < -0.4 is 0 Å². The Kier molecular flexibility index (Phi) is 33.3. The summed E-state index contributed by atoms with van der Waals surface area (Å²) in [5.74, 6) is -7.23. The molecule has 2 fully saturated rings. The molecule has 0 saturated carbocycles. The van der Waals surface area contributed by atoms with Crippen molar-refractivity contribution >= 4 is 11.7 Å². The first kappa shape index (κ1) is 75.7. The van der Waals surface area contributed by atoms with E-state index < -0.39 is 183 Å². The highest BCUT2D eigenvalue weighted by molar-refractivity contribution is 6.25. The molecule has 24 nitrogen and oxygen atoms in total. The van der Waals surface area contributed by atoms with Crippen LogP contribution in [0, 0.1) is 29.6 Å². The first-order valence-electron chi connectivity index (χ1n) is 29.7. The van der Waals surface area contributed by atoms with Crippen LogP contribution in [-0.4, -0.2) is 254 Å². The summed E-state index contributed by atoms with van der Waals surface area (Å²) in [4.78, 5) is 25.8. The highest BCUT2D eigenvalue weighted by Gasteiger charge is 2.54. The molecule has 0 bridgehead atoms. The number of ketones is 1. The molecule has 0 aromatic carbocycles. The lowest BCUT2D eigenvalue weighted by Gasteiger charge is -2.47. The fraction of sp³-hybridized carbons (Fsp3) is 0.897. The average molecular weight is 1190 g/mol. The van der Waals surface area contributed by atoms with Crippen LogP contribution in [0.4, 0.5) is 0 Å². The van der Waals surface area contributed by atoms with Crippen molar-refractivity contribution in [3.05, 3.63) is 23.0 Å². The molecule has 20 N–H and O–H groups in total. The lowest BCUT2D eigenvalue weighted by molar-refractivity contribution is -0.356. The van der Waals surface area contributed by atoms with Crippen LogP contribution in [0.25, 0.3) is 0 Å². The van der Waals surface area contributed by atoms with E-state index in [0.717, 1.165) is 38.5 Å². The maximum absolute atomic E-state index is 12.3. The van der Waals surface area contributed by atoms with Crippen molar-refractivity contribution in [3.63, 3.8) is 0 Å². The molecular weight excluding hydrogens is 1080 g/mol. The number of amides is 1. The van der Waals surface area contributed by atoms with Gasteiger partial charge in [0.05, 0.1) is 85.9 Å². The van der Waals surface area contributed by atoms with Gasteiger partial charge in [-0.1, -0.05) is 99.0 Å². The Morgan fingerprint density at radius 3 is 1.56 bits per heavy atom. The summed E-state index contributed by atoms with van der Waals surface area (Å²) in [7, 11) is 1.46. The van der Waals surface area contributed by atoms with Crippen LogP contribution >= 0.6 is 0 Å². The summed E-state index contributed by atoms with van der Waals surface area (Å²) in [6.07, 6.45) is -25.5. The van der Waals surface area contributed by atoms with E-state index >= 15 is 0 Å². The largest absolute Gasteiger partial charge is 0.507 e. The van der Waals surface area contributed by atoms with E-state index in [4.69, 9.17) is 4.74 Å². The zero-order chi connectivity index (χ0) is 62.7. The van der Waals surface area contributed by atoms with Gasteiger partial charge in [-0.3, -0.25) is 9.59 Å². The Balaban J connectivity index is 1.83. The SMILES string of the molecule is CCCCCCCCCCC(O)C[C@]1(O)OC(CC(O)C(O)C(O)C(O)C(O)CC(O)CC(O)CC(O)CC(O)C(C)C(O)C(C)C(O)CC(O)C(C)C(O)C(O)CC(C)CC(C)/C=C(C)/C(O)=C2\C(=O)CN(C)C2=O)[C@@H](O)[C@H](O)[C@@H]1O. The number of Topliss-reactive ketones (excluding diaryl/α,β-unsaturated/α-hetero) is 1. The van der Waals surface area contributed by atoms with Gasteiger partial charge in [-0.05, 0) is 69.3 Å². The number of aliphatic hydroxyl groups excluding tert-OH is 19. The minimum atomic E-state index is -2.59. The first-order chi connectivity index (χ1) is 38.1. The molecule has 1 amide bonds. The molecule has 2 aliphatic heterocycles. The number of unbranched alkanes of at least 4 members (excludes halogenated alkanes) is 7. The average Bonchev–Trinajstić information content (AvgIpc) is 3.84. The molecule has 0 aromatic heterocycles. The van der Waals surface area contributed by atoms with Gasteiger partial charge in [-0.25, -0.2) is 0 Å². The Hall–Kier alpha value is -2.38. The molecule has 2 aliphatic rings. The third-order valence-electron chi connectivity index (χ3n) is 17.0. The topological polar surface area (TPSA) is 451 Å². The number of rotatable bonds is 40. The number of ether oxygens (including phenoxy) is 1. The van der Waals surface area contributed by atoms with Crippen molar-refractivity contribution < 1.29 is 116 Å². The number of carbonyl (C=O) groups excluding carboxylic acids is 2. The number of carbonyl (C=O) groups is 2. The molecule has 21 unspecified atom stereocenters. The maximum atomic E-state index is 12.3. The van der Waals surface area contributed by atoms with E-state index in [1.807, 2.05) is 13.8 Å². The summed E-state index contributed by atoms with van der Waals surface area (Å²) >= 11 is 0. The zero-order valence-electron chi connectivity index (χ0n) is 49.5. The van der Waals surface area contributed by atoms with Crippen molar-refractivity contribution in [1.29, 1.82) is 0 Å². The minimum absolute atomic E-state index is 0.120. The lowest BCUT2D eigenvalue weighted by Crippen LogP contribution is -2.65. The van der Waals surface area contributed by atoms with Crippen LogP contribution in [0.1, 0.15) is 164 Å². The van der Waals surface area contributed by atoms with E-state index in [2.05, 4.69) is 6.92 Å². The van der Waals surface area contributed by atoms with E-state index in [0.29, 0.717) is 18.4 Å². The molecule has 82 heavy (non-hydrogen) atoms. The number of hydrogen-bond donors (Lipinski definition) is 20. The molecule has 2 rings (SSSR count). The number of allylic oxidation sites excluding steroid dienone is 2. The molecule has 2 heterocycles. The van der Waals surface area contributed by atoms with Gasteiger partial charge in [0.1, 0.15) is 48.0 Å². The van der Waals surface area contributed by atoms with Crippen molar-refractivity contribution in [2.45, 2.75) is 286 Å². The van der Waals surface area contributed by atoms with E-state index in [1.54, 1.807) is 13.0 Å². The second kappa shape index (κ2) is 36.1. The van der Waals surface area contributed by atoms with Gasteiger partial charge in [0.2, 0.25) is 0 Å². The predicted octanol–water partition coefficient (Wildman–Crippen LogP) is -1.41. The minimum Gasteiger partial charge on any atom is -0.507 e. The first-order valence-corrected chi connectivity index (χ1v) is 29.7. The molecule has 2 saturated heterocycles. The molecular formula is C58H107NO23. The Morgan fingerprint density at radius 1 is 0.573 bits per heavy atom. The predicted molar refractivity (Wildman–Crippen MR) is 299 cm³/mol. The van der Waals surface area contributed by atoms with Gasteiger partial charge in [0, 0.05) is 44.1 Å². The van der Waals surface area contributed by atoms with Gasteiger partial charge in [-0.2, -0.15) is 0 Å². The molecule has 0 radical (unpaired) electrons. The van der Waals surface area contributed by atoms with Crippen LogP contribution in [0.3, 0.4) is 0 Å². The zero-order valence-corrected chi connectivity index (χ0v) is 49.5. The fourth-order valence-corrected chi connectivity index (χ4v) is 11.4. The van der Waals surface area contributed by atoms with E-state index in [1.165, 1.54) is 39.1 Å². The highest BCUT2D eigenvalue weighted by Crippen LogP contribution is 2.36. The third kappa shape index (κ3) is 23.4. The lowest BCUT2D eigenvalue weighted by atomic mass is 9.80. The van der Waals surface area contributed by atoms with Crippen molar-refractivity contribution in [2.75, 3.05) is 13.6 Å². The van der Waals surface area contributed by atoms with Gasteiger partial charge in [0.15, 0.2) is 11.6 Å². The summed E-state index contributed by atoms with van der Waals surface area (Å²) in [6, 6.07) is 0. The number of nitrogens with zero attached hydrogens (tertiary/aromatic N) is 1. The van der Waals surface area contributed by atoms with Gasteiger partial charge in [0.25, 0.3) is 5.91 Å². The number of likely N-dealkylation sites (tertiary alicyclic amines) is 1. The second-order valence-corrected chi connectivity index (χ2v) is 24.6. The molecule has 0 spiro atoms. The van der Waals surface area contributed by atoms with Crippen molar-refractivity contribution in [3.8, 4) is 0 Å². The van der Waals surface area contributed by atoms with Gasteiger partial charge < -0.3 is 112 Å². The highest BCUT2D eigenvalue weighted by atomic mass is 16.7. The Bertz CT molecular complexity index is 1920.